The van der Waals surface area contributed by atoms with Gasteiger partial charge in [-0.25, -0.2) is 0 Å². The minimum atomic E-state index is -2.00. The standard InChI is InChI=1S/C40H68N4O10/c1-12-31-40(9,50)34(47)28(7)36(48)43-24(3)19-39(8,51-22-23(2)20-42-17-15-29-14-13-16-41-21-29)35(26(5)32(45)27(6)37(49)53-31)54-38-33(46)30(44(10)11)18-25(4)52-38/h13-14,16,21,23-28,30-31,33-35,38,42,46-47,50H,12,15,17-20,22H2,1-11H3,(H,43,48)/t23?,24-,25-,26+,27-,28-,30+,31-,33-,34-,35-,38+,39-,40-/m1/s1. The normalized spacial score (nSPS) is 38.3. The summed E-state index contributed by atoms with van der Waals surface area (Å²) in [7, 11) is 3.74. The van der Waals surface area contributed by atoms with E-state index >= 15 is 0 Å². The van der Waals surface area contributed by atoms with Gasteiger partial charge >= 0.3 is 5.97 Å². The number of ketones is 1. The maximum Gasteiger partial charge on any atom is 0.316 e. The Morgan fingerprint density at radius 3 is 2.41 bits per heavy atom. The number of esters is 1. The predicted octanol–water partition coefficient (Wildman–Crippen LogP) is 2.26. The van der Waals surface area contributed by atoms with E-state index in [0.717, 1.165) is 18.5 Å². The van der Waals surface area contributed by atoms with Crippen molar-refractivity contribution < 1.29 is 48.7 Å². The zero-order valence-corrected chi connectivity index (χ0v) is 34.3. The Bertz CT molecular complexity index is 1350. The molecule has 1 aromatic rings. The van der Waals surface area contributed by atoms with Crippen LogP contribution in [0.3, 0.4) is 0 Å². The summed E-state index contributed by atoms with van der Waals surface area (Å²) in [5.74, 6) is -5.26. The first-order valence-electron chi connectivity index (χ1n) is 19.6. The van der Waals surface area contributed by atoms with Crippen LogP contribution in [0.5, 0.6) is 0 Å². The Labute approximate surface area is 322 Å². The van der Waals surface area contributed by atoms with Crippen LogP contribution in [0.15, 0.2) is 24.5 Å². The lowest BCUT2D eigenvalue weighted by molar-refractivity contribution is -0.298. The number of carbonyl (C=O) groups excluding carboxylic acids is 3. The van der Waals surface area contributed by atoms with E-state index in [2.05, 4.69) is 15.6 Å². The molecule has 1 unspecified atom stereocenters. The molecule has 0 radical (unpaired) electrons. The zero-order valence-electron chi connectivity index (χ0n) is 34.3. The second-order valence-electron chi connectivity index (χ2n) is 16.5. The first-order chi connectivity index (χ1) is 25.2. The second-order valence-corrected chi connectivity index (χ2v) is 16.5. The third-order valence-corrected chi connectivity index (χ3v) is 11.2. The number of amides is 1. The van der Waals surface area contributed by atoms with E-state index in [1.165, 1.54) is 20.8 Å². The average molecular weight is 765 g/mol. The van der Waals surface area contributed by atoms with Crippen LogP contribution < -0.4 is 10.6 Å². The number of cyclic esters (lactones) is 1. The van der Waals surface area contributed by atoms with Crippen LogP contribution in [0.25, 0.3) is 0 Å². The molecule has 0 bridgehead atoms. The summed E-state index contributed by atoms with van der Waals surface area (Å²) in [6.07, 6.45) is -1.15. The van der Waals surface area contributed by atoms with Crippen LogP contribution >= 0.6 is 0 Å². The number of nitrogens with one attached hydrogen (secondary N) is 2. The summed E-state index contributed by atoms with van der Waals surface area (Å²) in [5, 5.41) is 40.6. The number of carbonyl (C=O) groups is 3. The number of aliphatic hydroxyl groups is 3. The fraction of sp³-hybridized carbons (Fsp3) is 0.800. The number of aromatic nitrogens is 1. The van der Waals surface area contributed by atoms with Crippen LogP contribution in [0.1, 0.15) is 87.1 Å². The lowest BCUT2D eigenvalue weighted by Gasteiger charge is -2.47. The molecule has 2 saturated heterocycles. The molecule has 308 valence electrons. The molecule has 0 saturated carbocycles. The van der Waals surface area contributed by atoms with Crippen molar-refractivity contribution >= 4 is 17.7 Å². The number of aliphatic hydroxyl groups excluding tert-OH is 2. The molecule has 2 aliphatic heterocycles. The van der Waals surface area contributed by atoms with Gasteiger partial charge in [-0.05, 0) is 105 Å². The van der Waals surface area contributed by atoms with Crippen molar-refractivity contribution in [3.8, 4) is 0 Å². The monoisotopic (exact) mass is 764 g/mol. The lowest BCUT2D eigenvalue weighted by atomic mass is 9.79. The number of nitrogens with zero attached hydrogens (tertiary/aromatic N) is 2. The van der Waals surface area contributed by atoms with Crippen molar-refractivity contribution in [2.45, 2.75) is 148 Å². The molecule has 0 aliphatic carbocycles. The fourth-order valence-corrected chi connectivity index (χ4v) is 7.76. The van der Waals surface area contributed by atoms with Crippen LogP contribution in [-0.4, -0.2) is 137 Å². The third-order valence-electron chi connectivity index (χ3n) is 11.2. The molecule has 5 N–H and O–H groups in total. The number of pyridine rings is 1. The van der Waals surface area contributed by atoms with Crippen LogP contribution in [-0.2, 0) is 39.8 Å². The van der Waals surface area contributed by atoms with Gasteiger partial charge in [-0.1, -0.05) is 33.8 Å². The topological polar surface area (TPSA) is 189 Å². The molecule has 0 spiro atoms. The van der Waals surface area contributed by atoms with Gasteiger partial charge < -0.3 is 49.8 Å². The smallest absolute Gasteiger partial charge is 0.316 e. The number of Topliss-reactive ketones (excluding diaryl/α,β-unsaturated/α-hetero) is 1. The van der Waals surface area contributed by atoms with Crippen molar-refractivity contribution in [2.75, 3.05) is 33.8 Å². The molecule has 3 heterocycles. The minimum absolute atomic E-state index is 0.0100. The van der Waals surface area contributed by atoms with E-state index in [-0.39, 0.29) is 37.5 Å². The highest BCUT2D eigenvalue weighted by molar-refractivity contribution is 6.00. The van der Waals surface area contributed by atoms with Gasteiger partial charge in [-0.2, -0.15) is 0 Å². The summed E-state index contributed by atoms with van der Waals surface area (Å²) in [4.78, 5) is 47.6. The van der Waals surface area contributed by atoms with Gasteiger partial charge in [0.1, 0.15) is 23.7 Å². The summed E-state index contributed by atoms with van der Waals surface area (Å²) < 4.78 is 25.4. The van der Waals surface area contributed by atoms with E-state index in [1.54, 1.807) is 27.0 Å². The van der Waals surface area contributed by atoms with Crippen molar-refractivity contribution in [3.63, 3.8) is 0 Å². The van der Waals surface area contributed by atoms with Gasteiger partial charge in [0.05, 0.1) is 36.4 Å². The Balaban J connectivity index is 2.02. The van der Waals surface area contributed by atoms with E-state index in [0.29, 0.717) is 13.0 Å². The molecule has 1 amide bonds. The quantitative estimate of drug-likeness (QED) is 0.119. The highest BCUT2D eigenvalue weighted by atomic mass is 16.7. The molecular weight excluding hydrogens is 696 g/mol. The lowest BCUT2D eigenvalue weighted by Crippen LogP contribution is -2.60. The van der Waals surface area contributed by atoms with Gasteiger partial charge in [-0.15, -0.1) is 0 Å². The third kappa shape index (κ3) is 11.7. The molecule has 0 aromatic carbocycles. The SMILES string of the molecule is CC[C@H]1OC(=O)[C@H](C)C(=O)[C@H](C)[C@@H](O[C@@H]2O[C@H](C)C[C@H](N(C)C)[C@H]2O)[C@](C)(OCC(C)CNCCc2cccnc2)C[C@@H](C)NC(=O)[C@H](C)[C@@H](O)[C@]1(C)O. The Morgan fingerprint density at radius 2 is 1.80 bits per heavy atom. The molecule has 14 atom stereocenters. The predicted molar refractivity (Wildman–Crippen MR) is 203 cm³/mol. The number of ether oxygens (including phenoxy) is 4. The van der Waals surface area contributed by atoms with Crippen molar-refractivity contribution in [3.05, 3.63) is 30.1 Å². The van der Waals surface area contributed by atoms with E-state index < -0.39 is 83.4 Å². The molecule has 54 heavy (non-hydrogen) atoms. The summed E-state index contributed by atoms with van der Waals surface area (Å²) >= 11 is 0. The highest BCUT2D eigenvalue weighted by Crippen LogP contribution is 2.37. The Hall–Kier alpha value is -2.56. The maximum absolute atomic E-state index is 14.3. The molecule has 14 heteroatoms. The fourth-order valence-electron chi connectivity index (χ4n) is 7.76. The van der Waals surface area contributed by atoms with Crippen molar-refractivity contribution in [1.29, 1.82) is 0 Å². The van der Waals surface area contributed by atoms with Crippen LogP contribution in [0.4, 0.5) is 0 Å². The first-order valence-corrected chi connectivity index (χ1v) is 19.6. The van der Waals surface area contributed by atoms with Gasteiger partial charge in [0.2, 0.25) is 5.91 Å². The first kappa shape index (κ1) is 45.8. The van der Waals surface area contributed by atoms with E-state index in [1.807, 2.05) is 58.1 Å². The van der Waals surface area contributed by atoms with Crippen LogP contribution in [0, 0.1) is 23.7 Å². The highest BCUT2D eigenvalue weighted by Gasteiger charge is 2.51. The van der Waals surface area contributed by atoms with Crippen molar-refractivity contribution in [1.82, 2.24) is 20.5 Å². The zero-order chi connectivity index (χ0) is 40.5. The summed E-state index contributed by atoms with van der Waals surface area (Å²) in [6.45, 7) is 16.7. The second kappa shape index (κ2) is 20.0. The number of hydrogen-bond acceptors (Lipinski definition) is 13. The van der Waals surface area contributed by atoms with Gasteiger partial charge in [0, 0.05) is 30.4 Å². The molecular formula is C40H68N4O10. The number of rotatable bonds is 12. The number of likely N-dealkylation sites (N-methyl/N-ethyl adjacent to an activating group) is 1. The summed E-state index contributed by atoms with van der Waals surface area (Å²) in [5.41, 5.74) is -2.16. The summed E-state index contributed by atoms with van der Waals surface area (Å²) in [6, 6.07) is 3.07. The van der Waals surface area contributed by atoms with Crippen LogP contribution in [0.2, 0.25) is 0 Å². The van der Waals surface area contributed by atoms with E-state index in [4.69, 9.17) is 18.9 Å². The minimum Gasteiger partial charge on any atom is -0.459 e. The molecule has 2 fully saturated rings. The Kier molecular flexibility index (Phi) is 17.0. The average Bonchev–Trinajstić information content (AvgIpc) is 3.12. The van der Waals surface area contributed by atoms with Gasteiger partial charge in [0.25, 0.3) is 0 Å². The Morgan fingerprint density at radius 1 is 1.11 bits per heavy atom. The molecule has 1 aromatic heterocycles. The maximum atomic E-state index is 14.3. The molecule has 2 aliphatic rings. The van der Waals surface area contributed by atoms with Gasteiger partial charge in [0.15, 0.2) is 12.1 Å². The van der Waals surface area contributed by atoms with Crippen molar-refractivity contribution in [2.24, 2.45) is 23.7 Å². The number of hydrogen-bond donors (Lipinski definition) is 5. The largest absolute Gasteiger partial charge is 0.459 e. The molecule has 3 rings (SSSR count). The molecule has 14 nitrogen and oxygen atoms in total. The van der Waals surface area contributed by atoms with E-state index in [9.17, 15) is 29.7 Å². The van der Waals surface area contributed by atoms with Gasteiger partial charge in [-0.3, -0.25) is 19.4 Å².